The van der Waals surface area contributed by atoms with Gasteiger partial charge in [-0.3, -0.25) is 4.99 Å². The number of aliphatic imine (C=N–C) groups is 1. The minimum absolute atomic E-state index is 0. The van der Waals surface area contributed by atoms with Crippen LogP contribution in [0.3, 0.4) is 0 Å². The summed E-state index contributed by atoms with van der Waals surface area (Å²) in [6.07, 6.45) is 5.44. The van der Waals surface area contributed by atoms with Crippen LogP contribution in [0.5, 0.6) is 0 Å². The Morgan fingerprint density at radius 1 is 1.26 bits per heavy atom. The molecule has 0 saturated heterocycles. The summed E-state index contributed by atoms with van der Waals surface area (Å²) in [5.74, 6) is 0.819. The first kappa shape index (κ1) is 20.5. The number of rotatable bonds is 6. The van der Waals surface area contributed by atoms with Crippen molar-refractivity contribution in [3.8, 4) is 0 Å². The van der Waals surface area contributed by atoms with E-state index in [2.05, 4.69) is 27.6 Å². The van der Waals surface area contributed by atoms with Crippen molar-refractivity contribution in [3.63, 3.8) is 0 Å². The van der Waals surface area contributed by atoms with Crippen molar-refractivity contribution in [2.45, 2.75) is 38.3 Å². The number of halogens is 2. The van der Waals surface area contributed by atoms with Gasteiger partial charge < -0.3 is 15.5 Å². The van der Waals surface area contributed by atoms with Crippen LogP contribution in [0.15, 0.2) is 29.3 Å². The molecule has 0 atom stereocenters. The zero-order valence-electron chi connectivity index (χ0n) is 14.0. The minimum atomic E-state index is 0. The summed E-state index contributed by atoms with van der Waals surface area (Å²) in [6.45, 7) is 2.62. The molecule has 0 aromatic heterocycles. The molecular weight excluding hydrogens is 423 g/mol. The van der Waals surface area contributed by atoms with Crippen molar-refractivity contribution in [1.29, 1.82) is 0 Å². The van der Waals surface area contributed by atoms with Crippen LogP contribution in [0.4, 0.5) is 0 Å². The molecule has 2 N–H and O–H groups in total. The maximum atomic E-state index is 6.16. The Hall–Kier alpha value is -0.530. The fourth-order valence-electron chi connectivity index (χ4n) is 2.92. The molecule has 2 rings (SSSR count). The second kappa shape index (κ2) is 11.1. The van der Waals surface area contributed by atoms with Gasteiger partial charge in [0.05, 0.1) is 0 Å². The summed E-state index contributed by atoms with van der Waals surface area (Å²) in [4.78, 5) is 6.72. The highest BCUT2D eigenvalue weighted by atomic mass is 127. The van der Waals surface area contributed by atoms with E-state index in [0.29, 0.717) is 6.54 Å². The molecule has 1 aliphatic rings. The zero-order valence-corrected chi connectivity index (χ0v) is 17.1. The quantitative estimate of drug-likeness (QED) is 0.396. The number of guanidine groups is 1. The topological polar surface area (TPSA) is 39.7 Å². The van der Waals surface area contributed by atoms with Gasteiger partial charge >= 0.3 is 0 Å². The first-order chi connectivity index (χ1) is 10.7. The van der Waals surface area contributed by atoms with Crippen LogP contribution in [-0.4, -0.2) is 44.1 Å². The largest absolute Gasteiger partial charge is 0.355 e. The zero-order chi connectivity index (χ0) is 15.8. The third-order valence-corrected chi connectivity index (χ3v) is 4.70. The van der Waals surface area contributed by atoms with E-state index in [1.54, 1.807) is 7.05 Å². The molecule has 1 aliphatic carbocycles. The third kappa shape index (κ3) is 6.85. The fraction of sp³-hybridized carbons (Fsp3) is 0.588. The van der Waals surface area contributed by atoms with Crippen molar-refractivity contribution in [2.75, 3.05) is 27.2 Å². The molecule has 6 heteroatoms. The van der Waals surface area contributed by atoms with E-state index in [-0.39, 0.29) is 24.0 Å². The Balaban J connectivity index is 0.00000264. The van der Waals surface area contributed by atoms with Gasteiger partial charge in [0, 0.05) is 37.7 Å². The fourth-order valence-corrected chi connectivity index (χ4v) is 3.12. The molecule has 0 amide bonds. The van der Waals surface area contributed by atoms with Gasteiger partial charge in [-0.25, -0.2) is 0 Å². The second-order valence-electron chi connectivity index (χ2n) is 5.86. The van der Waals surface area contributed by atoms with Crippen molar-refractivity contribution in [2.24, 2.45) is 4.99 Å². The summed E-state index contributed by atoms with van der Waals surface area (Å²) in [5, 5.41) is 7.46. The molecule has 0 bridgehead atoms. The monoisotopic (exact) mass is 450 g/mol. The minimum Gasteiger partial charge on any atom is -0.355 e. The van der Waals surface area contributed by atoms with Crippen LogP contribution in [0.1, 0.15) is 31.2 Å². The summed E-state index contributed by atoms with van der Waals surface area (Å²) in [7, 11) is 4.01. The van der Waals surface area contributed by atoms with E-state index >= 15 is 0 Å². The Morgan fingerprint density at radius 2 is 1.96 bits per heavy atom. The lowest BCUT2D eigenvalue weighted by Gasteiger charge is -2.24. The summed E-state index contributed by atoms with van der Waals surface area (Å²) in [6, 6.07) is 8.63. The van der Waals surface area contributed by atoms with E-state index in [1.807, 2.05) is 24.3 Å². The molecule has 0 spiro atoms. The summed E-state index contributed by atoms with van der Waals surface area (Å²) in [5.41, 5.74) is 1.08. The normalized spacial score (nSPS) is 15.6. The van der Waals surface area contributed by atoms with Gasteiger partial charge in [-0.15, -0.1) is 24.0 Å². The van der Waals surface area contributed by atoms with E-state index in [9.17, 15) is 0 Å². The van der Waals surface area contributed by atoms with Crippen LogP contribution >= 0.6 is 35.6 Å². The highest BCUT2D eigenvalue weighted by Gasteiger charge is 2.18. The van der Waals surface area contributed by atoms with Crippen molar-refractivity contribution in [3.05, 3.63) is 34.9 Å². The average molecular weight is 451 g/mol. The van der Waals surface area contributed by atoms with E-state index in [0.717, 1.165) is 35.7 Å². The van der Waals surface area contributed by atoms with Gasteiger partial charge in [-0.1, -0.05) is 42.6 Å². The first-order valence-corrected chi connectivity index (χ1v) is 8.46. The number of likely N-dealkylation sites (N-methyl/N-ethyl adjacent to an activating group) is 1. The summed E-state index contributed by atoms with van der Waals surface area (Å²) >= 11 is 6.16. The number of nitrogens with zero attached hydrogens (tertiary/aromatic N) is 2. The number of hydrogen-bond donors (Lipinski definition) is 2. The SMILES string of the molecule is CN=C(NCCN(C)C1CCCC1)NCc1ccccc1Cl.I. The van der Waals surface area contributed by atoms with Crippen LogP contribution in [0.2, 0.25) is 5.02 Å². The van der Waals surface area contributed by atoms with Crippen molar-refractivity contribution in [1.82, 2.24) is 15.5 Å². The number of hydrogen-bond acceptors (Lipinski definition) is 2. The molecule has 1 saturated carbocycles. The summed E-state index contributed by atoms with van der Waals surface area (Å²) < 4.78 is 0. The molecular formula is C17H28ClIN4. The van der Waals surface area contributed by atoms with Gasteiger partial charge in [0.15, 0.2) is 5.96 Å². The predicted molar refractivity (Wildman–Crippen MR) is 110 cm³/mol. The molecule has 130 valence electrons. The maximum absolute atomic E-state index is 6.16. The van der Waals surface area contributed by atoms with E-state index < -0.39 is 0 Å². The van der Waals surface area contributed by atoms with E-state index in [4.69, 9.17) is 11.6 Å². The van der Waals surface area contributed by atoms with Crippen LogP contribution in [-0.2, 0) is 6.54 Å². The smallest absolute Gasteiger partial charge is 0.191 e. The Kier molecular flexibility index (Phi) is 9.90. The van der Waals surface area contributed by atoms with Crippen LogP contribution in [0.25, 0.3) is 0 Å². The molecule has 4 nitrogen and oxygen atoms in total. The standard InChI is InChI=1S/C17H27ClN4.HI/c1-19-17(21-13-14-7-3-6-10-16(14)18)20-11-12-22(2)15-8-4-5-9-15;/h3,6-7,10,15H,4-5,8-9,11-13H2,1-2H3,(H2,19,20,21);1H. The molecule has 0 radical (unpaired) electrons. The molecule has 1 aromatic rings. The van der Waals surface area contributed by atoms with Gasteiger partial charge in [0.2, 0.25) is 0 Å². The van der Waals surface area contributed by atoms with E-state index in [1.165, 1.54) is 25.7 Å². The maximum Gasteiger partial charge on any atom is 0.191 e. The van der Waals surface area contributed by atoms with Gasteiger partial charge in [0.25, 0.3) is 0 Å². The lowest BCUT2D eigenvalue weighted by atomic mass is 10.2. The predicted octanol–water partition coefficient (Wildman–Crippen LogP) is 3.50. The Morgan fingerprint density at radius 3 is 2.61 bits per heavy atom. The number of benzene rings is 1. The first-order valence-electron chi connectivity index (χ1n) is 8.09. The average Bonchev–Trinajstić information content (AvgIpc) is 3.06. The molecule has 0 heterocycles. The highest BCUT2D eigenvalue weighted by molar-refractivity contribution is 14.0. The van der Waals surface area contributed by atoms with Gasteiger partial charge in [-0.05, 0) is 31.5 Å². The second-order valence-corrected chi connectivity index (χ2v) is 6.27. The Bertz CT molecular complexity index is 489. The Labute approximate surface area is 162 Å². The van der Waals surface area contributed by atoms with Gasteiger partial charge in [0.1, 0.15) is 0 Å². The molecule has 1 aromatic carbocycles. The molecule has 23 heavy (non-hydrogen) atoms. The molecule has 1 fully saturated rings. The third-order valence-electron chi connectivity index (χ3n) is 4.33. The van der Waals surface area contributed by atoms with Crippen LogP contribution < -0.4 is 10.6 Å². The number of nitrogens with one attached hydrogen (secondary N) is 2. The highest BCUT2D eigenvalue weighted by Crippen LogP contribution is 2.21. The lowest BCUT2D eigenvalue weighted by molar-refractivity contribution is 0.249. The van der Waals surface area contributed by atoms with Crippen molar-refractivity contribution < 1.29 is 0 Å². The molecule has 0 aliphatic heterocycles. The lowest BCUT2D eigenvalue weighted by Crippen LogP contribution is -2.42. The molecule has 0 unspecified atom stereocenters. The van der Waals surface area contributed by atoms with Crippen LogP contribution in [0, 0.1) is 0 Å². The van der Waals surface area contributed by atoms with Crippen molar-refractivity contribution >= 4 is 41.5 Å². The van der Waals surface area contributed by atoms with Gasteiger partial charge in [-0.2, -0.15) is 0 Å².